The molecule has 1 fully saturated rings. The number of azo groups is 1. The fourth-order valence-corrected chi connectivity index (χ4v) is 3.13. The van der Waals surface area contributed by atoms with E-state index in [-0.39, 0.29) is 11.9 Å². The number of aromatic nitrogens is 2. The molecule has 3 aromatic rings. The van der Waals surface area contributed by atoms with Crippen molar-refractivity contribution >= 4 is 28.6 Å². The maximum Gasteiger partial charge on any atom is 0.259 e. The first-order valence-corrected chi connectivity index (χ1v) is 10.4. The third-order valence-electron chi connectivity index (χ3n) is 5.13. The minimum absolute atomic E-state index is 0.264. The van der Waals surface area contributed by atoms with Crippen LogP contribution in [-0.2, 0) is 4.74 Å². The van der Waals surface area contributed by atoms with Gasteiger partial charge in [0.2, 0.25) is 0 Å². The molecule has 1 aliphatic rings. The number of hydrogen-bond donors (Lipinski definition) is 3. The standard InChI is InChI=1S/C22H26N8O2/c1-14-3-4-15(21(27-23)29-28-16-5-6-16)11-19(14)26-22(31)18-13-25-30-9-7-17(12-20(18)30)24-8-10-32-2/h3-4,7,9,11-13,16,24H,5-6,8,10,23H2,1-2H3,(H,26,31)/b27-21-,29-28?. The van der Waals surface area contributed by atoms with Gasteiger partial charge in [-0.2, -0.15) is 15.3 Å². The van der Waals surface area contributed by atoms with E-state index in [1.807, 2.05) is 37.4 Å². The van der Waals surface area contributed by atoms with Crippen molar-refractivity contribution in [1.29, 1.82) is 0 Å². The van der Waals surface area contributed by atoms with Crippen molar-refractivity contribution in [3.05, 3.63) is 59.4 Å². The Balaban J connectivity index is 1.55. The van der Waals surface area contributed by atoms with Gasteiger partial charge in [0.05, 0.1) is 29.9 Å². The number of hydrazone groups is 1. The van der Waals surface area contributed by atoms with Crippen LogP contribution in [0.25, 0.3) is 5.52 Å². The summed E-state index contributed by atoms with van der Waals surface area (Å²) in [6.45, 7) is 3.16. The zero-order chi connectivity index (χ0) is 22.5. The molecule has 0 spiro atoms. The molecule has 1 aromatic carbocycles. The average Bonchev–Trinajstić information content (AvgIpc) is 3.53. The van der Waals surface area contributed by atoms with Gasteiger partial charge in [-0.3, -0.25) is 4.79 Å². The third-order valence-corrected chi connectivity index (χ3v) is 5.13. The van der Waals surface area contributed by atoms with Gasteiger partial charge in [-0.25, -0.2) is 4.52 Å². The van der Waals surface area contributed by atoms with Gasteiger partial charge in [0.15, 0.2) is 5.84 Å². The maximum absolute atomic E-state index is 13.1. The van der Waals surface area contributed by atoms with E-state index in [1.165, 1.54) is 0 Å². The number of nitrogens with zero attached hydrogens (tertiary/aromatic N) is 5. The van der Waals surface area contributed by atoms with Gasteiger partial charge in [0, 0.05) is 36.8 Å². The van der Waals surface area contributed by atoms with Crippen molar-refractivity contribution in [3.63, 3.8) is 0 Å². The Labute approximate surface area is 185 Å². The molecule has 166 valence electrons. The van der Waals surface area contributed by atoms with Crippen LogP contribution in [-0.4, -0.2) is 47.7 Å². The summed E-state index contributed by atoms with van der Waals surface area (Å²) in [5.41, 5.74) is 4.27. The number of amides is 1. The van der Waals surface area contributed by atoms with Crippen molar-refractivity contribution in [2.45, 2.75) is 25.8 Å². The van der Waals surface area contributed by atoms with Gasteiger partial charge in [0.25, 0.3) is 5.91 Å². The number of nitrogens with two attached hydrogens (primary N) is 1. The molecular weight excluding hydrogens is 408 g/mol. The number of ether oxygens (including phenoxy) is 1. The Morgan fingerprint density at radius 1 is 1.31 bits per heavy atom. The van der Waals surface area contributed by atoms with Crippen molar-refractivity contribution in [2.75, 3.05) is 30.9 Å². The van der Waals surface area contributed by atoms with Crippen LogP contribution in [0.3, 0.4) is 0 Å². The van der Waals surface area contributed by atoms with Crippen molar-refractivity contribution in [1.82, 2.24) is 9.61 Å². The number of nitrogens with one attached hydrogen (secondary N) is 2. The van der Waals surface area contributed by atoms with Gasteiger partial charge in [0.1, 0.15) is 0 Å². The third kappa shape index (κ3) is 4.92. The van der Waals surface area contributed by atoms with Crippen molar-refractivity contribution in [2.24, 2.45) is 21.2 Å². The second-order valence-electron chi connectivity index (χ2n) is 7.61. The number of anilines is 2. The summed E-state index contributed by atoms with van der Waals surface area (Å²) in [5.74, 6) is 5.59. The number of fused-ring (bicyclic) bond motifs is 1. The molecule has 0 aliphatic heterocycles. The Kier molecular flexibility index (Phi) is 6.41. The number of amidine groups is 1. The predicted octanol–water partition coefficient (Wildman–Crippen LogP) is 3.19. The zero-order valence-electron chi connectivity index (χ0n) is 18.1. The summed E-state index contributed by atoms with van der Waals surface area (Å²) in [6.07, 6.45) is 5.45. The molecule has 1 amide bonds. The molecule has 0 radical (unpaired) electrons. The average molecular weight is 435 g/mol. The highest BCUT2D eigenvalue weighted by molar-refractivity contribution is 6.10. The van der Waals surface area contributed by atoms with E-state index < -0.39 is 0 Å². The first-order valence-electron chi connectivity index (χ1n) is 10.4. The number of methoxy groups -OCH3 is 1. The fraction of sp³-hybridized carbons (Fsp3) is 0.318. The first-order chi connectivity index (χ1) is 15.6. The van der Waals surface area contributed by atoms with E-state index in [0.717, 1.165) is 24.1 Å². The second-order valence-corrected chi connectivity index (χ2v) is 7.61. The molecule has 10 nitrogen and oxygen atoms in total. The molecule has 0 atom stereocenters. The molecule has 1 aliphatic carbocycles. The topological polar surface area (TPSA) is 131 Å². The number of pyridine rings is 1. The van der Waals surface area contributed by atoms with E-state index in [2.05, 4.69) is 31.1 Å². The predicted molar refractivity (Wildman–Crippen MR) is 123 cm³/mol. The van der Waals surface area contributed by atoms with Gasteiger partial charge >= 0.3 is 0 Å². The number of carbonyl (C=O) groups excluding carboxylic acids is 1. The van der Waals surface area contributed by atoms with Crippen LogP contribution in [0.4, 0.5) is 11.4 Å². The normalized spacial score (nSPS) is 14.2. The van der Waals surface area contributed by atoms with E-state index in [9.17, 15) is 4.79 Å². The number of carbonyl (C=O) groups is 1. The van der Waals surface area contributed by atoms with E-state index in [1.54, 1.807) is 23.9 Å². The summed E-state index contributed by atoms with van der Waals surface area (Å²) in [7, 11) is 1.65. The number of aryl methyl sites for hydroxylation is 1. The molecule has 4 rings (SSSR count). The highest BCUT2D eigenvalue weighted by Crippen LogP contribution is 2.25. The number of rotatable bonds is 8. The Bertz CT molecular complexity index is 1180. The monoisotopic (exact) mass is 434 g/mol. The molecule has 2 aromatic heterocycles. The lowest BCUT2D eigenvalue weighted by atomic mass is 10.1. The molecule has 2 heterocycles. The van der Waals surface area contributed by atoms with E-state index in [4.69, 9.17) is 10.6 Å². The zero-order valence-corrected chi connectivity index (χ0v) is 18.1. The van der Waals surface area contributed by atoms with Crippen LogP contribution in [0.5, 0.6) is 0 Å². The van der Waals surface area contributed by atoms with Crippen LogP contribution >= 0.6 is 0 Å². The first kappa shape index (κ1) is 21.4. The highest BCUT2D eigenvalue weighted by Gasteiger charge is 2.21. The fourth-order valence-electron chi connectivity index (χ4n) is 3.13. The molecule has 32 heavy (non-hydrogen) atoms. The molecule has 0 unspecified atom stereocenters. The molecule has 0 saturated heterocycles. The summed E-state index contributed by atoms with van der Waals surface area (Å²) >= 11 is 0. The summed E-state index contributed by atoms with van der Waals surface area (Å²) < 4.78 is 6.73. The Morgan fingerprint density at radius 2 is 2.16 bits per heavy atom. The minimum atomic E-state index is -0.264. The molecular formula is C22H26N8O2. The van der Waals surface area contributed by atoms with Crippen molar-refractivity contribution < 1.29 is 9.53 Å². The summed E-state index contributed by atoms with van der Waals surface area (Å²) in [6, 6.07) is 9.59. The van der Waals surface area contributed by atoms with Crippen LogP contribution in [0.1, 0.15) is 34.3 Å². The van der Waals surface area contributed by atoms with Crippen LogP contribution in [0.2, 0.25) is 0 Å². The van der Waals surface area contributed by atoms with Crippen molar-refractivity contribution in [3.8, 4) is 0 Å². The van der Waals surface area contributed by atoms with Crippen LogP contribution in [0.15, 0.2) is 58.1 Å². The Hall–Kier alpha value is -3.79. The molecule has 10 heteroatoms. The van der Waals surface area contributed by atoms with E-state index in [0.29, 0.717) is 41.3 Å². The molecule has 1 saturated carbocycles. The second kappa shape index (κ2) is 9.56. The van der Waals surface area contributed by atoms with Gasteiger partial charge in [-0.1, -0.05) is 12.1 Å². The lowest BCUT2D eigenvalue weighted by Crippen LogP contribution is -2.13. The maximum atomic E-state index is 13.1. The molecule has 0 bridgehead atoms. The smallest absolute Gasteiger partial charge is 0.259 e. The lowest BCUT2D eigenvalue weighted by Gasteiger charge is -2.10. The van der Waals surface area contributed by atoms with Gasteiger partial charge in [-0.15, -0.1) is 5.11 Å². The van der Waals surface area contributed by atoms with Crippen LogP contribution in [0, 0.1) is 6.92 Å². The highest BCUT2D eigenvalue weighted by atomic mass is 16.5. The summed E-state index contributed by atoms with van der Waals surface area (Å²) in [5, 5.41) is 22.6. The van der Waals surface area contributed by atoms with Crippen LogP contribution < -0.4 is 16.5 Å². The number of benzene rings is 1. The minimum Gasteiger partial charge on any atom is -0.383 e. The SMILES string of the molecule is COCCNc1ccn2ncc(C(=O)Nc3cc(/C(N=NC4CC4)=N/N)ccc3C)c2c1. The molecule has 4 N–H and O–H groups in total. The summed E-state index contributed by atoms with van der Waals surface area (Å²) in [4.78, 5) is 13.1. The Morgan fingerprint density at radius 3 is 2.91 bits per heavy atom. The van der Waals surface area contributed by atoms with Gasteiger partial charge in [-0.05, 0) is 43.5 Å². The van der Waals surface area contributed by atoms with E-state index >= 15 is 0 Å². The largest absolute Gasteiger partial charge is 0.383 e. The lowest BCUT2D eigenvalue weighted by molar-refractivity contribution is 0.102. The van der Waals surface area contributed by atoms with Gasteiger partial charge < -0.3 is 21.2 Å². The number of hydrogen-bond acceptors (Lipinski definition) is 7. The quantitative estimate of drug-likeness (QED) is 0.125.